The standard InChI is InChI=1S/C12H19N3OS/c1-4-14-11(16)8-17-12-9(2)5-10(6-13-3)7-15-12/h5,7,13H,4,6,8H2,1-3H3,(H,14,16). The highest BCUT2D eigenvalue weighted by Gasteiger charge is 2.05. The molecule has 1 aromatic heterocycles. The van der Waals surface area contributed by atoms with E-state index >= 15 is 0 Å². The average Bonchev–Trinajstić information content (AvgIpc) is 2.29. The Bertz CT molecular complexity index is 382. The molecule has 4 nitrogen and oxygen atoms in total. The van der Waals surface area contributed by atoms with Crippen LogP contribution in [-0.4, -0.2) is 30.2 Å². The second-order valence-electron chi connectivity index (χ2n) is 3.74. The van der Waals surface area contributed by atoms with Crippen LogP contribution in [-0.2, 0) is 11.3 Å². The highest BCUT2D eigenvalue weighted by atomic mass is 32.2. The Labute approximate surface area is 107 Å². The fourth-order valence-corrected chi connectivity index (χ4v) is 2.24. The minimum absolute atomic E-state index is 0.0537. The van der Waals surface area contributed by atoms with E-state index < -0.39 is 0 Å². The summed E-state index contributed by atoms with van der Waals surface area (Å²) in [6.07, 6.45) is 1.85. The summed E-state index contributed by atoms with van der Waals surface area (Å²) in [4.78, 5) is 15.7. The van der Waals surface area contributed by atoms with Crippen LogP contribution in [0.25, 0.3) is 0 Å². The molecular formula is C12H19N3OS. The van der Waals surface area contributed by atoms with Gasteiger partial charge in [0.05, 0.1) is 10.8 Å². The van der Waals surface area contributed by atoms with Gasteiger partial charge in [0.15, 0.2) is 0 Å². The summed E-state index contributed by atoms with van der Waals surface area (Å²) >= 11 is 1.48. The Morgan fingerprint density at radius 3 is 2.88 bits per heavy atom. The van der Waals surface area contributed by atoms with Gasteiger partial charge in [-0.3, -0.25) is 4.79 Å². The molecule has 0 fully saturated rings. The maximum atomic E-state index is 11.3. The number of aryl methyl sites for hydroxylation is 1. The van der Waals surface area contributed by atoms with Crippen LogP contribution in [0.2, 0.25) is 0 Å². The third kappa shape index (κ3) is 4.75. The first-order chi connectivity index (χ1) is 8.17. The van der Waals surface area contributed by atoms with Crippen molar-refractivity contribution in [2.75, 3.05) is 19.3 Å². The molecule has 0 radical (unpaired) electrons. The number of hydrogen-bond donors (Lipinski definition) is 2. The first kappa shape index (κ1) is 14.0. The van der Waals surface area contributed by atoms with Crippen molar-refractivity contribution in [3.8, 4) is 0 Å². The molecule has 1 aromatic rings. The molecule has 0 saturated carbocycles. The predicted octanol–water partition coefficient (Wildman–Crippen LogP) is 1.34. The van der Waals surface area contributed by atoms with Crippen molar-refractivity contribution in [1.29, 1.82) is 0 Å². The van der Waals surface area contributed by atoms with E-state index in [-0.39, 0.29) is 5.91 Å². The average molecular weight is 253 g/mol. The van der Waals surface area contributed by atoms with Gasteiger partial charge in [-0.15, -0.1) is 0 Å². The summed E-state index contributed by atoms with van der Waals surface area (Å²) < 4.78 is 0. The Morgan fingerprint density at radius 2 is 2.29 bits per heavy atom. The number of nitrogens with zero attached hydrogens (tertiary/aromatic N) is 1. The van der Waals surface area contributed by atoms with Gasteiger partial charge in [0.1, 0.15) is 0 Å². The number of aromatic nitrogens is 1. The maximum absolute atomic E-state index is 11.3. The van der Waals surface area contributed by atoms with Crippen molar-refractivity contribution in [3.05, 3.63) is 23.4 Å². The second kappa shape index (κ2) is 7.29. The van der Waals surface area contributed by atoms with Crippen molar-refractivity contribution >= 4 is 17.7 Å². The van der Waals surface area contributed by atoms with E-state index in [0.717, 1.165) is 22.7 Å². The van der Waals surface area contributed by atoms with Crippen LogP contribution in [0.3, 0.4) is 0 Å². The van der Waals surface area contributed by atoms with E-state index in [1.165, 1.54) is 11.8 Å². The molecule has 5 heteroatoms. The predicted molar refractivity (Wildman–Crippen MR) is 71.1 cm³/mol. The van der Waals surface area contributed by atoms with Crippen molar-refractivity contribution in [3.63, 3.8) is 0 Å². The zero-order valence-electron chi connectivity index (χ0n) is 10.5. The summed E-state index contributed by atoms with van der Waals surface area (Å²) in [5.41, 5.74) is 2.28. The first-order valence-electron chi connectivity index (χ1n) is 5.67. The lowest BCUT2D eigenvalue weighted by Gasteiger charge is -2.07. The molecule has 0 spiro atoms. The van der Waals surface area contributed by atoms with Crippen molar-refractivity contribution in [1.82, 2.24) is 15.6 Å². The molecule has 17 heavy (non-hydrogen) atoms. The number of pyridine rings is 1. The van der Waals surface area contributed by atoms with Gasteiger partial charge in [-0.25, -0.2) is 4.98 Å². The molecule has 0 aliphatic heterocycles. The maximum Gasteiger partial charge on any atom is 0.230 e. The van der Waals surface area contributed by atoms with Crippen LogP contribution in [0.15, 0.2) is 17.3 Å². The largest absolute Gasteiger partial charge is 0.356 e. The Kier molecular flexibility index (Phi) is 6.00. The van der Waals surface area contributed by atoms with Crippen LogP contribution in [0.1, 0.15) is 18.1 Å². The minimum Gasteiger partial charge on any atom is -0.356 e. The van der Waals surface area contributed by atoms with E-state index in [1.54, 1.807) is 0 Å². The molecule has 0 aromatic carbocycles. The quantitative estimate of drug-likeness (QED) is 0.751. The molecule has 1 amide bonds. The molecule has 0 atom stereocenters. The number of rotatable bonds is 6. The molecular weight excluding hydrogens is 234 g/mol. The number of carbonyl (C=O) groups excluding carboxylic acids is 1. The first-order valence-corrected chi connectivity index (χ1v) is 6.65. The van der Waals surface area contributed by atoms with Gasteiger partial charge in [0.25, 0.3) is 0 Å². The van der Waals surface area contributed by atoms with Crippen LogP contribution >= 0.6 is 11.8 Å². The van der Waals surface area contributed by atoms with Gasteiger partial charge >= 0.3 is 0 Å². The van der Waals surface area contributed by atoms with Crippen LogP contribution in [0, 0.1) is 6.92 Å². The van der Waals surface area contributed by atoms with E-state index in [9.17, 15) is 4.79 Å². The molecule has 0 aliphatic carbocycles. The summed E-state index contributed by atoms with van der Waals surface area (Å²) in [5.74, 6) is 0.477. The van der Waals surface area contributed by atoms with Crippen LogP contribution in [0.5, 0.6) is 0 Å². The summed E-state index contributed by atoms with van der Waals surface area (Å²) in [7, 11) is 1.91. The van der Waals surface area contributed by atoms with Crippen molar-refractivity contribution < 1.29 is 4.79 Å². The Balaban J connectivity index is 2.57. The van der Waals surface area contributed by atoms with Gasteiger partial charge in [0, 0.05) is 19.3 Å². The molecule has 0 unspecified atom stereocenters. The van der Waals surface area contributed by atoms with Gasteiger partial charge in [-0.05, 0) is 32.0 Å². The number of carbonyl (C=O) groups is 1. The lowest BCUT2D eigenvalue weighted by molar-refractivity contribution is -0.118. The number of thioether (sulfide) groups is 1. The highest BCUT2D eigenvalue weighted by Crippen LogP contribution is 2.20. The van der Waals surface area contributed by atoms with Gasteiger partial charge in [0.2, 0.25) is 5.91 Å². The summed E-state index contributed by atoms with van der Waals surface area (Å²) in [5, 5.41) is 6.78. The zero-order chi connectivity index (χ0) is 12.7. The monoisotopic (exact) mass is 253 g/mol. The third-order valence-electron chi connectivity index (χ3n) is 2.18. The van der Waals surface area contributed by atoms with E-state index in [0.29, 0.717) is 12.3 Å². The number of nitrogens with one attached hydrogen (secondary N) is 2. The molecule has 0 bridgehead atoms. The smallest absolute Gasteiger partial charge is 0.230 e. The zero-order valence-corrected chi connectivity index (χ0v) is 11.4. The molecule has 0 saturated heterocycles. The van der Waals surface area contributed by atoms with Gasteiger partial charge in [-0.1, -0.05) is 17.8 Å². The highest BCUT2D eigenvalue weighted by molar-refractivity contribution is 7.99. The Hall–Kier alpha value is -1.07. The van der Waals surface area contributed by atoms with Crippen molar-refractivity contribution in [2.45, 2.75) is 25.4 Å². The molecule has 0 aliphatic rings. The topological polar surface area (TPSA) is 54.0 Å². The third-order valence-corrected chi connectivity index (χ3v) is 3.29. The van der Waals surface area contributed by atoms with Crippen LogP contribution < -0.4 is 10.6 Å². The van der Waals surface area contributed by atoms with Crippen LogP contribution in [0.4, 0.5) is 0 Å². The minimum atomic E-state index is 0.0537. The van der Waals surface area contributed by atoms with E-state index in [1.807, 2.05) is 27.1 Å². The lowest BCUT2D eigenvalue weighted by atomic mass is 10.2. The Morgan fingerprint density at radius 1 is 1.53 bits per heavy atom. The fraction of sp³-hybridized carbons (Fsp3) is 0.500. The number of hydrogen-bond acceptors (Lipinski definition) is 4. The summed E-state index contributed by atoms with van der Waals surface area (Å²) in [6, 6.07) is 2.10. The molecule has 2 N–H and O–H groups in total. The van der Waals surface area contributed by atoms with Gasteiger partial charge in [-0.2, -0.15) is 0 Å². The van der Waals surface area contributed by atoms with E-state index in [2.05, 4.69) is 21.7 Å². The molecule has 94 valence electrons. The molecule has 1 heterocycles. The second-order valence-corrected chi connectivity index (χ2v) is 4.70. The fourth-order valence-electron chi connectivity index (χ4n) is 1.45. The van der Waals surface area contributed by atoms with Crippen molar-refractivity contribution in [2.24, 2.45) is 0 Å². The lowest BCUT2D eigenvalue weighted by Crippen LogP contribution is -2.24. The normalized spacial score (nSPS) is 10.3. The van der Waals surface area contributed by atoms with Gasteiger partial charge < -0.3 is 10.6 Å². The SMILES string of the molecule is CCNC(=O)CSc1ncc(CNC)cc1C. The summed E-state index contributed by atoms with van der Waals surface area (Å²) in [6.45, 7) is 5.42. The van der Waals surface area contributed by atoms with E-state index in [4.69, 9.17) is 0 Å². The number of amides is 1. The molecule has 1 rings (SSSR count).